The molecule has 0 aromatic heterocycles. The van der Waals surface area contributed by atoms with E-state index in [1.807, 2.05) is 0 Å². The summed E-state index contributed by atoms with van der Waals surface area (Å²) in [6.07, 6.45) is 79.1. The van der Waals surface area contributed by atoms with Crippen molar-refractivity contribution in [2.75, 3.05) is 13.2 Å². The third-order valence-corrected chi connectivity index (χ3v) is 15.7. The molecule has 0 aromatic carbocycles. The van der Waals surface area contributed by atoms with Gasteiger partial charge in [0.25, 0.3) is 0 Å². The largest absolute Gasteiger partial charge is 0.466 e. The van der Waals surface area contributed by atoms with Crippen LogP contribution in [0.1, 0.15) is 373 Å². The first kappa shape index (κ1) is 72.3. The maximum Gasteiger partial charge on any atom is 0.305 e. The molecule has 0 heterocycles. The molecule has 1 amide bonds. The van der Waals surface area contributed by atoms with Gasteiger partial charge in [-0.1, -0.05) is 308 Å². The van der Waals surface area contributed by atoms with E-state index in [2.05, 4.69) is 43.5 Å². The second kappa shape index (κ2) is 63.9. The van der Waals surface area contributed by atoms with E-state index in [9.17, 15) is 19.8 Å². The summed E-state index contributed by atoms with van der Waals surface area (Å²) in [6.45, 7) is 4.96. The minimum atomic E-state index is -0.674. The summed E-state index contributed by atoms with van der Waals surface area (Å²) in [4.78, 5) is 24.6. The number of carbonyl (C=O) groups is 2. The highest BCUT2D eigenvalue weighted by atomic mass is 16.5. The maximum absolute atomic E-state index is 12.5. The van der Waals surface area contributed by atoms with E-state index >= 15 is 0 Å². The molecular formula is C68H131NO5. The minimum absolute atomic E-state index is 0.000616. The lowest BCUT2D eigenvalue weighted by molar-refractivity contribution is -0.143. The predicted molar refractivity (Wildman–Crippen MR) is 324 cm³/mol. The van der Waals surface area contributed by atoms with Crippen LogP contribution < -0.4 is 5.32 Å². The van der Waals surface area contributed by atoms with Gasteiger partial charge < -0.3 is 20.3 Å². The van der Waals surface area contributed by atoms with Crippen LogP contribution in [0.4, 0.5) is 0 Å². The smallest absolute Gasteiger partial charge is 0.305 e. The van der Waals surface area contributed by atoms with Crippen LogP contribution in [0.15, 0.2) is 24.3 Å². The van der Waals surface area contributed by atoms with Gasteiger partial charge in [0.05, 0.1) is 25.4 Å². The molecule has 2 atom stereocenters. The van der Waals surface area contributed by atoms with Crippen molar-refractivity contribution in [3.8, 4) is 0 Å². The lowest BCUT2D eigenvalue weighted by Gasteiger charge is -2.22. The molecule has 6 heteroatoms. The van der Waals surface area contributed by atoms with Gasteiger partial charge in [-0.15, -0.1) is 0 Å². The molecule has 0 fully saturated rings. The molecule has 438 valence electrons. The van der Waals surface area contributed by atoms with Crippen LogP contribution in [0.3, 0.4) is 0 Å². The van der Waals surface area contributed by atoms with Gasteiger partial charge in [0.15, 0.2) is 0 Å². The van der Waals surface area contributed by atoms with E-state index in [-0.39, 0.29) is 18.5 Å². The van der Waals surface area contributed by atoms with Gasteiger partial charge in [0, 0.05) is 12.8 Å². The number of aliphatic hydroxyl groups is 2. The molecule has 74 heavy (non-hydrogen) atoms. The number of nitrogens with one attached hydrogen (secondary N) is 1. The van der Waals surface area contributed by atoms with Crippen molar-refractivity contribution in [2.45, 2.75) is 386 Å². The molecule has 0 aliphatic carbocycles. The zero-order chi connectivity index (χ0) is 53.6. The van der Waals surface area contributed by atoms with E-state index in [0.717, 1.165) is 57.8 Å². The minimum Gasteiger partial charge on any atom is -0.466 e. The number of aliphatic hydroxyl groups excluding tert-OH is 2. The Bertz CT molecular complexity index is 1150. The van der Waals surface area contributed by atoms with Crippen LogP contribution in [0, 0.1) is 0 Å². The fourth-order valence-electron chi connectivity index (χ4n) is 10.6. The molecule has 0 saturated heterocycles. The van der Waals surface area contributed by atoms with Crippen molar-refractivity contribution in [3.05, 3.63) is 24.3 Å². The highest BCUT2D eigenvalue weighted by Crippen LogP contribution is 2.18. The van der Waals surface area contributed by atoms with Gasteiger partial charge >= 0.3 is 5.97 Å². The quantitative estimate of drug-likeness (QED) is 0.0320. The van der Waals surface area contributed by atoms with E-state index in [1.165, 1.54) is 283 Å². The Balaban J connectivity index is 3.43. The van der Waals surface area contributed by atoms with Crippen LogP contribution >= 0.6 is 0 Å². The SMILES string of the molecule is CCCCCCCC/C=C\CCCCCCCCCC(=O)OCCCCCCCCCCC/C=C\CCCCCCCC(=O)NC(CO)C(O)CCCCCCCCCCCCCCCCCCCCCCCC. The van der Waals surface area contributed by atoms with Gasteiger partial charge in [0.1, 0.15) is 0 Å². The molecular weight excluding hydrogens is 911 g/mol. The number of hydrogen-bond donors (Lipinski definition) is 3. The number of rotatable bonds is 63. The third-order valence-electron chi connectivity index (χ3n) is 15.7. The predicted octanol–water partition coefficient (Wildman–Crippen LogP) is 21.4. The number of hydrogen-bond acceptors (Lipinski definition) is 5. The molecule has 0 bridgehead atoms. The molecule has 0 aliphatic rings. The maximum atomic E-state index is 12.5. The molecule has 0 aliphatic heterocycles. The summed E-state index contributed by atoms with van der Waals surface area (Å²) in [6, 6.07) is -0.553. The first-order chi connectivity index (χ1) is 36.5. The molecule has 6 nitrogen and oxygen atoms in total. The Labute approximate surface area is 462 Å². The van der Waals surface area contributed by atoms with Crippen LogP contribution in [0.25, 0.3) is 0 Å². The first-order valence-corrected chi connectivity index (χ1v) is 33.6. The van der Waals surface area contributed by atoms with Crippen molar-refractivity contribution in [3.63, 3.8) is 0 Å². The standard InChI is InChI=1S/C68H131NO5/c1-3-5-7-9-11-13-15-17-19-21-22-23-24-25-29-32-36-40-44-48-52-56-60-66(71)65(64-70)69-67(72)61-57-53-49-45-41-37-33-30-26-27-31-35-39-43-47-51-55-59-63-74-68(73)62-58-54-50-46-42-38-34-28-20-18-16-14-12-10-8-6-4-2/h18,20,30,33,65-66,70-71H,3-17,19,21-29,31-32,34-64H2,1-2H3,(H,69,72)/b20-18-,33-30-. The molecule has 0 rings (SSSR count). The van der Waals surface area contributed by atoms with Crippen LogP contribution in [-0.4, -0.2) is 47.4 Å². The third kappa shape index (κ3) is 59.6. The average Bonchev–Trinajstić information content (AvgIpc) is 3.40. The van der Waals surface area contributed by atoms with Crippen LogP contribution in [0.2, 0.25) is 0 Å². The van der Waals surface area contributed by atoms with E-state index in [4.69, 9.17) is 4.74 Å². The molecule has 0 radical (unpaired) electrons. The highest BCUT2D eigenvalue weighted by Gasteiger charge is 2.20. The molecule has 0 spiro atoms. The Kier molecular flexibility index (Phi) is 62.4. The van der Waals surface area contributed by atoms with Crippen molar-refractivity contribution >= 4 is 11.9 Å². The van der Waals surface area contributed by atoms with E-state index in [0.29, 0.717) is 25.9 Å². The molecule has 2 unspecified atom stereocenters. The van der Waals surface area contributed by atoms with E-state index in [1.54, 1.807) is 0 Å². The zero-order valence-corrected chi connectivity index (χ0v) is 50.1. The van der Waals surface area contributed by atoms with Crippen molar-refractivity contribution in [1.82, 2.24) is 5.32 Å². The first-order valence-electron chi connectivity index (χ1n) is 33.6. The van der Waals surface area contributed by atoms with Gasteiger partial charge in [0.2, 0.25) is 5.91 Å². The summed E-state index contributed by atoms with van der Waals surface area (Å²) in [5, 5.41) is 23.4. The number of amides is 1. The van der Waals surface area contributed by atoms with Crippen LogP contribution in [-0.2, 0) is 14.3 Å². The van der Waals surface area contributed by atoms with Crippen molar-refractivity contribution in [2.24, 2.45) is 0 Å². The van der Waals surface area contributed by atoms with Gasteiger partial charge in [-0.05, 0) is 77.0 Å². The second-order valence-electron chi connectivity index (χ2n) is 23.1. The van der Waals surface area contributed by atoms with E-state index < -0.39 is 12.1 Å². The summed E-state index contributed by atoms with van der Waals surface area (Å²) in [5.41, 5.74) is 0. The Hall–Kier alpha value is -1.66. The number of ether oxygens (including phenoxy) is 1. The number of unbranched alkanes of at least 4 members (excludes halogenated alkanes) is 48. The van der Waals surface area contributed by atoms with Crippen molar-refractivity contribution in [1.29, 1.82) is 0 Å². The Morgan fingerprint density at radius 1 is 0.365 bits per heavy atom. The molecule has 0 saturated carbocycles. The number of esters is 1. The number of allylic oxidation sites excluding steroid dienone is 4. The Morgan fingerprint density at radius 3 is 0.959 bits per heavy atom. The topological polar surface area (TPSA) is 95.9 Å². The molecule has 3 N–H and O–H groups in total. The average molecular weight is 1040 g/mol. The van der Waals surface area contributed by atoms with Gasteiger partial charge in [-0.3, -0.25) is 9.59 Å². The van der Waals surface area contributed by atoms with Gasteiger partial charge in [-0.2, -0.15) is 0 Å². The molecule has 0 aromatic rings. The fourth-order valence-corrected chi connectivity index (χ4v) is 10.6. The van der Waals surface area contributed by atoms with Crippen LogP contribution in [0.5, 0.6) is 0 Å². The van der Waals surface area contributed by atoms with Crippen molar-refractivity contribution < 1.29 is 24.5 Å². The summed E-state index contributed by atoms with van der Waals surface area (Å²) < 4.78 is 5.49. The second-order valence-corrected chi connectivity index (χ2v) is 23.1. The fraction of sp³-hybridized carbons (Fsp3) is 0.912. The Morgan fingerprint density at radius 2 is 0.635 bits per heavy atom. The summed E-state index contributed by atoms with van der Waals surface area (Å²) in [7, 11) is 0. The lowest BCUT2D eigenvalue weighted by Crippen LogP contribution is -2.45. The summed E-state index contributed by atoms with van der Waals surface area (Å²) >= 11 is 0. The highest BCUT2D eigenvalue weighted by molar-refractivity contribution is 5.76. The zero-order valence-electron chi connectivity index (χ0n) is 50.1. The monoisotopic (exact) mass is 1040 g/mol. The summed E-state index contributed by atoms with van der Waals surface area (Å²) in [5.74, 6) is -0.0448. The number of carbonyl (C=O) groups excluding carboxylic acids is 2. The lowest BCUT2D eigenvalue weighted by atomic mass is 10.0. The normalized spacial score (nSPS) is 12.6. The van der Waals surface area contributed by atoms with Gasteiger partial charge in [-0.25, -0.2) is 0 Å².